The Labute approximate surface area is 189 Å². The standard InChI is InChI=1S/C8HCl12F3/c9-2(4(21,22)23)1-3(10,11)5(12,13)6(14,15)7(16,17)8(18,19)20/h1H. The maximum atomic E-state index is 12.5. The third-order valence-corrected chi connectivity index (χ3v) is 9.27. The number of hydrogen-bond donors (Lipinski definition) is 0. The molecule has 0 atom stereocenters. The van der Waals surface area contributed by atoms with Gasteiger partial charge >= 0.3 is 6.18 Å². The zero-order valence-corrected chi connectivity index (χ0v) is 18.8. The minimum Gasteiger partial charge on any atom is -0.165 e. The lowest BCUT2D eigenvalue weighted by atomic mass is 10.1. The van der Waals surface area contributed by atoms with Crippen molar-refractivity contribution in [3.05, 3.63) is 11.1 Å². The second-order valence-corrected chi connectivity index (χ2v) is 11.9. The summed E-state index contributed by atoms with van der Waals surface area (Å²) >= 11 is 67.8. The van der Waals surface area contributed by atoms with Crippen molar-refractivity contribution in [2.45, 2.75) is 27.3 Å². The van der Waals surface area contributed by atoms with Crippen LogP contribution in [0.25, 0.3) is 0 Å². The summed E-state index contributed by atoms with van der Waals surface area (Å²) < 4.78 is 23.4. The van der Waals surface area contributed by atoms with E-state index in [1.54, 1.807) is 0 Å². The Hall–Kier alpha value is 3.01. The van der Waals surface area contributed by atoms with E-state index >= 15 is 0 Å². The average Bonchev–Trinajstić information content (AvgIpc) is 2.24. The van der Waals surface area contributed by atoms with Crippen LogP contribution in [0, 0.1) is 0 Å². The second kappa shape index (κ2) is 7.79. The largest absolute Gasteiger partial charge is 0.426 e. The second-order valence-electron chi connectivity index (χ2n) is 3.83. The van der Waals surface area contributed by atoms with Crippen LogP contribution < -0.4 is 0 Å². The predicted molar refractivity (Wildman–Crippen MR) is 98.0 cm³/mol. The van der Waals surface area contributed by atoms with Crippen molar-refractivity contribution in [1.29, 1.82) is 0 Å². The molecule has 0 fully saturated rings. The highest BCUT2D eigenvalue weighted by Crippen LogP contribution is 2.66. The van der Waals surface area contributed by atoms with Crippen molar-refractivity contribution in [2.24, 2.45) is 0 Å². The molecule has 0 bridgehead atoms. The summed E-state index contributed by atoms with van der Waals surface area (Å²) in [6.07, 6.45) is -4.99. The molecule has 0 aromatic rings. The number of hydrogen-bond acceptors (Lipinski definition) is 0. The molecular formula is C8HCl12F3. The molecule has 0 aliphatic rings. The molecule has 0 aromatic carbocycles. The number of rotatable bonds is 4. The molecule has 0 spiro atoms. The molecule has 0 N–H and O–H groups in total. The molecule has 0 aliphatic heterocycles. The van der Waals surface area contributed by atoms with E-state index in [0.717, 1.165) is 0 Å². The van der Waals surface area contributed by atoms with Gasteiger partial charge in [0.25, 0.3) is 0 Å². The molecule has 0 unspecified atom stereocenters. The molecule has 0 saturated carbocycles. The van der Waals surface area contributed by atoms with E-state index in [-0.39, 0.29) is 6.08 Å². The highest BCUT2D eigenvalue weighted by molar-refractivity contribution is 6.81. The van der Waals surface area contributed by atoms with E-state index in [1.165, 1.54) is 0 Å². The van der Waals surface area contributed by atoms with Gasteiger partial charge in [0.2, 0.25) is 8.13 Å². The maximum Gasteiger partial charge on any atom is 0.426 e. The molecular weight excluding hydrogens is 579 g/mol. The maximum absolute atomic E-state index is 12.5. The molecule has 0 nitrogen and oxygen atoms in total. The van der Waals surface area contributed by atoms with Gasteiger partial charge in [0.1, 0.15) is 5.03 Å². The molecule has 0 saturated heterocycles. The molecule has 0 radical (unpaired) electrons. The minimum atomic E-state index is -5.02. The van der Waals surface area contributed by atoms with Gasteiger partial charge in [-0.15, -0.1) is 0 Å². The molecule has 138 valence electrons. The van der Waals surface area contributed by atoms with Gasteiger partial charge < -0.3 is 0 Å². The van der Waals surface area contributed by atoms with Crippen molar-refractivity contribution in [1.82, 2.24) is 0 Å². The molecule has 0 rings (SSSR count). The van der Waals surface area contributed by atoms with Crippen LogP contribution in [0.1, 0.15) is 0 Å². The van der Waals surface area contributed by atoms with E-state index in [4.69, 9.17) is 139 Å². The Morgan fingerprint density at radius 1 is 0.609 bits per heavy atom. The van der Waals surface area contributed by atoms with Crippen LogP contribution in [-0.4, -0.2) is 27.3 Å². The fourth-order valence-corrected chi connectivity index (χ4v) is 4.05. The van der Waals surface area contributed by atoms with E-state index in [0.29, 0.717) is 0 Å². The van der Waals surface area contributed by atoms with Gasteiger partial charge in [-0.2, -0.15) is 13.2 Å². The minimum absolute atomic E-state index is 0.0272. The summed E-state index contributed by atoms with van der Waals surface area (Å²) in [5, 5.41) is -1.78. The van der Waals surface area contributed by atoms with Gasteiger partial charge in [-0.1, -0.05) is 139 Å². The summed E-state index contributed by atoms with van der Waals surface area (Å²) in [4.78, 5) is 0. The third kappa shape index (κ3) is 5.29. The van der Waals surface area contributed by atoms with Gasteiger partial charge in [0.15, 0.2) is 13.0 Å². The SMILES string of the molecule is FC(F)(F)C(Cl)=CC(Cl)(Cl)C(Cl)(Cl)C(Cl)(Cl)C(Cl)(Cl)C(Cl)(Cl)Cl. The van der Waals surface area contributed by atoms with Crippen LogP contribution in [0.5, 0.6) is 0 Å². The zero-order valence-electron chi connectivity index (χ0n) is 9.75. The summed E-state index contributed by atoms with van der Waals surface area (Å²) in [5.41, 5.74) is 0. The van der Waals surface area contributed by atoms with Crippen LogP contribution in [0.15, 0.2) is 11.1 Å². The normalized spacial score (nSPS) is 16.7. The van der Waals surface area contributed by atoms with Gasteiger partial charge in [-0.25, -0.2) is 0 Å². The molecule has 0 heterocycles. The Morgan fingerprint density at radius 3 is 1.22 bits per heavy atom. The lowest BCUT2D eigenvalue weighted by Crippen LogP contribution is -2.61. The fourth-order valence-electron chi connectivity index (χ4n) is 0.916. The topological polar surface area (TPSA) is 0 Å². The Kier molecular flexibility index (Phi) is 8.81. The Morgan fingerprint density at radius 2 is 0.957 bits per heavy atom. The summed E-state index contributed by atoms with van der Waals surface area (Å²) in [6.45, 7) is 0. The highest BCUT2D eigenvalue weighted by atomic mass is 35.6. The van der Waals surface area contributed by atoms with Crippen molar-refractivity contribution in [3.63, 3.8) is 0 Å². The number of alkyl halides is 14. The van der Waals surface area contributed by atoms with E-state index in [2.05, 4.69) is 0 Å². The number of allylic oxidation sites excluding steroid dienone is 2. The summed E-state index contributed by atoms with van der Waals surface area (Å²) in [7, 11) is 0. The van der Waals surface area contributed by atoms with Crippen molar-refractivity contribution >= 4 is 139 Å². The van der Waals surface area contributed by atoms with Crippen LogP contribution >= 0.6 is 139 Å². The lowest BCUT2D eigenvalue weighted by Gasteiger charge is -2.47. The smallest absolute Gasteiger partial charge is 0.165 e. The first-order valence-corrected chi connectivity index (χ1v) is 9.20. The fraction of sp³-hybridized carbons (Fsp3) is 0.750. The van der Waals surface area contributed by atoms with Gasteiger partial charge in [0, 0.05) is 0 Å². The van der Waals surface area contributed by atoms with Gasteiger partial charge in [0.05, 0.1) is 0 Å². The molecule has 15 heteroatoms. The van der Waals surface area contributed by atoms with Crippen LogP contribution in [0.4, 0.5) is 13.2 Å². The lowest BCUT2D eigenvalue weighted by molar-refractivity contribution is -0.0848. The van der Waals surface area contributed by atoms with Gasteiger partial charge in [-0.3, -0.25) is 0 Å². The number of halogens is 15. The van der Waals surface area contributed by atoms with Crippen LogP contribution in [0.3, 0.4) is 0 Å². The van der Waals surface area contributed by atoms with Crippen LogP contribution in [-0.2, 0) is 0 Å². The zero-order chi connectivity index (χ0) is 19.3. The Bertz CT molecular complexity index is 472. The molecule has 0 aliphatic carbocycles. The monoisotopic (exact) mass is 574 g/mol. The van der Waals surface area contributed by atoms with E-state index in [1.807, 2.05) is 0 Å². The van der Waals surface area contributed by atoms with Crippen molar-refractivity contribution in [3.8, 4) is 0 Å². The van der Waals surface area contributed by atoms with E-state index in [9.17, 15) is 13.2 Å². The van der Waals surface area contributed by atoms with Crippen molar-refractivity contribution < 1.29 is 13.2 Å². The van der Waals surface area contributed by atoms with Crippen LogP contribution in [0.2, 0.25) is 0 Å². The summed E-state index contributed by atoms with van der Waals surface area (Å²) in [6, 6.07) is 0. The van der Waals surface area contributed by atoms with E-state index < -0.39 is 32.3 Å². The molecule has 0 amide bonds. The first-order valence-electron chi connectivity index (χ1n) is 4.66. The highest BCUT2D eigenvalue weighted by Gasteiger charge is 2.73. The predicted octanol–water partition coefficient (Wildman–Crippen LogP) is 8.74. The van der Waals surface area contributed by atoms with Gasteiger partial charge in [-0.05, 0) is 6.08 Å². The molecule has 23 heavy (non-hydrogen) atoms. The quantitative estimate of drug-likeness (QED) is 0.292. The third-order valence-electron chi connectivity index (χ3n) is 2.14. The first-order chi connectivity index (χ1) is 9.63. The average molecular weight is 580 g/mol. The first kappa shape index (κ1) is 26.0. The Balaban J connectivity index is 6.16. The summed E-state index contributed by atoms with van der Waals surface area (Å²) in [5.74, 6) is 0. The van der Waals surface area contributed by atoms with Crippen molar-refractivity contribution in [2.75, 3.05) is 0 Å². The molecule has 0 aromatic heterocycles.